The van der Waals surface area contributed by atoms with Crippen LogP contribution in [0.2, 0.25) is 0 Å². The fraction of sp³-hybridized carbons (Fsp3) is 0.674. The summed E-state index contributed by atoms with van der Waals surface area (Å²) in [6.07, 6.45) is -1.80. The van der Waals surface area contributed by atoms with E-state index in [0.717, 1.165) is 43.3 Å². The average molecular weight is 766 g/mol. The molecule has 3 aliphatic heterocycles. The van der Waals surface area contributed by atoms with Gasteiger partial charge in [-0.05, 0) is 111 Å². The predicted octanol–water partition coefficient (Wildman–Crippen LogP) is 9.45. The summed E-state index contributed by atoms with van der Waals surface area (Å²) in [6.45, 7) is 25.7. The molecule has 0 bridgehead atoms. The van der Waals surface area contributed by atoms with E-state index in [1.807, 2.05) is 88.6 Å². The second kappa shape index (κ2) is 22.9. The first-order valence-corrected chi connectivity index (χ1v) is 19.8. The molecule has 2 aromatic rings. The van der Waals surface area contributed by atoms with E-state index in [-0.39, 0.29) is 41.8 Å². The van der Waals surface area contributed by atoms with Crippen LogP contribution < -0.4 is 9.64 Å². The zero-order valence-electron chi connectivity index (χ0n) is 35.2. The number of likely N-dealkylation sites (tertiary alicyclic amines) is 2. The maximum atomic E-state index is 13.7. The third kappa shape index (κ3) is 15.4. The van der Waals surface area contributed by atoms with Gasteiger partial charge in [0, 0.05) is 56.5 Å². The van der Waals surface area contributed by atoms with Crippen LogP contribution >= 0.6 is 0 Å². The molecular formula is C43H70F3N3O5. The average Bonchev–Trinajstić information content (AvgIpc) is 3.85. The SMILES string of the molecule is CC.CC.CC(C)(C)OC(=O)C1CCN(c2cc(C(F)(F)F)ccc2C2CCN(C(=O)C3CCN(C(C)(C)C)C3)C2)CC1.CCO.COc1ccccc1. The monoisotopic (exact) mass is 766 g/mol. The number of piperidine rings is 1. The van der Waals surface area contributed by atoms with Gasteiger partial charge in [-0.25, -0.2) is 0 Å². The van der Waals surface area contributed by atoms with Crippen molar-refractivity contribution < 1.29 is 37.3 Å². The number of methoxy groups -OCH3 is 1. The molecule has 0 saturated carbocycles. The highest BCUT2D eigenvalue weighted by Crippen LogP contribution is 2.41. The minimum atomic E-state index is -4.44. The minimum absolute atomic E-state index is 0.0186. The highest BCUT2D eigenvalue weighted by Gasteiger charge is 2.40. The molecule has 3 aliphatic rings. The second-order valence-corrected chi connectivity index (χ2v) is 15.3. The van der Waals surface area contributed by atoms with Crippen LogP contribution in [0.3, 0.4) is 0 Å². The molecular weight excluding hydrogens is 695 g/mol. The maximum Gasteiger partial charge on any atom is 0.416 e. The molecule has 2 atom stereocenters. The summed E-state index contributed by atoms with van der Waals surface area (Å²) in [7, 11) is 1.66. The van der Waals surface area contributed by atoms with Gasteiger partial charge in [0.15, 0.2) is 0 Å². The quantitative estimate of drug-likeness (QED) is 0.304. The van der Waals surface area contributed by atoms with Crippen molar-refractivity contribution >= 4 is 17.6 Å². The second-order valence-electron chi connectivity index (χ2n) is 15.3. The van der Waals surface area contributed by atoms with Gasteiger partial charge in [-0.2, -0.15) is 13.2 Å². The number of carbonyl (C=O) groups is 2. The Balaban J connectivity index is 0.000000824. The molecule has 1 N–H and O–H groups in total. The number of rotatable bonds is 5. The van der Waals surface area contributed by atoms with Crippen LogP contribution in [0.25, 0.3) is 0 Å². The van der Waals surface area contributed by atoms with Crippen LogP contribution in [0.1, 0.15) is 119 Å². The number of aliphatic hydroxyl groups is 1. The third-order valence-corrected chi connectivity index (χ3v) is 9.34. The van der Waals surface area contributed by atoms with Crippen molar-refractivity contribution in [1.82, 2.24) is 9.80 Å². The van der Waals surface area contributed by atoms with Crippen molar-refractivity contribution in [3.05, 3.63) is 59.7 Å². The first-order chi connectivity index (χ1) is 25.4. The number of hydrogen-bond donors (Lipinski definition) is 1. The Hall–Kier alpha value is -3.31. The Morgan fingerprint density at radius 3 is 1.81 bits per heavy atom. The van der Waals surface area contributed by atoms with Gasteiger partial charge in [0.05, 0.1) is 24.5 Å². The predicted molar refractivity (Wildman–Crippen MR) is 214 cm³/mol. The molecule has 3 fully saturated rings. The largest absolute Gasteiger partial charge is 0.497 e. The van der Waals surface area contributed by atoms with Gasteiger partial charge < -0.3 is 24.4 Å². The summed E-state index contributed by atoms with van der Waals surface area (Å²) < 4.78 is 51.5. The van der Waals surface area contributed by atoms with E-state index in [1.165, 1.54) is 6.07 Å². The van der Waals surface area contributed by atoms with Gasteiger partial charge in [0.1, 0.15) is 11.4 Å². The van der Waals surface area contributed by atoms with Crippen LogP contribution in [0, 0.1) is 11.8 Å². The molecule has 5 rings (SSSR count). The molecule has 11 heteroatoms. The van der Waals surface area contributed by atoms with Crippen LogP contribution in [0.15, 0.2) is 48.5 Å². The normalized spacial score (nSPS) is 19.1. The zero-order valence-corrected chi connectivity index (χ0v) is 35.2. The lowest BCUT2D eigenvalue weighted by Crippen LogP contribution is -2.41. The van der Waals surface area contributed by atoms with Crippen LogP contribution in [0.5, 0.6) is 5.75 Å². The van der Waals surface area contributed by atoms with E-state index < -0.39 is 17.3 Å². The van der Waals surface area contributed by atoms with Gasteiger partial charge in [0.25, 0.3) is 0 Å². The Morgan fingerprint density at radius 2 is 1.35 bits per heavy atom. The van der Waals surface area contributed by atoms with E-state index in [1.54, 1.807) is 20.1 Å². The number of esters is 1. The van der Waals surface area contributed by atoms with E-state index in [2.05, 4.69) is 25.7 Å². The van der Waals surface area contributed by atoms with Crippen molar-refractivity contribution in [3.63, 3.8) is 0 Å². The molecule has 308 valence electrons. The molecule has 2 unspecified atom stereocenters. The summed E-state index contributed by atoms with van der Waals surface area (Å²) >= 11 is 0. The number of halogens is 3. The number of hydrogen-bond acceptors (Lipinski definition) is 7. The van der Waals surface area contributed by atoms with Gasteiger partial charge >= 0.3 is 12.1 Å². The third-order valence-electron chi connectivity index (χ3n) is 9.34. The van der Waals surface area contributed by atoms with E-state index in [4.69, 9.17) is 14.6 Å². The van der Waals surface area contributed by atoms with Crippen LogP contribution in [-0.4, -0.2) is 90.9 Å². The molecule has 8 nitrogen and oxygen atoms in total. The Bertz CT molecular complexity index is 1370. The lowest BCUT2D eigenvalue weighted by Gasteiger charge is -2.36. The highest BCUT2D eigenvalue weighted by molar-refractivity contribution is 5.80. The number of carbonyl (C=O) groups excluding carboxylic acids is 2. The highest BCUT2D eigenvalue weighted by atomic mass is 19.4. The van der Waals surface area contributed by atoms with Gasteiger partial charge in [-0.15, -0.1) is 0 Å². The first-order valence-electron chi connectivity index (χ1n) is 19.8. The maximum absolute atomic E-state index is 13.7. The summed E-state index contributed by atoms with van der Waals surface area (Å²) in [6, 6.07) is 13.7. The fourth-order valence-corrected chi connectivity index (χ4v) is 6.68. The Labute approximate surface area is 324 Å². The summed E-state index contributed by atoms with van der Waals surface area (Å²) in [5.41, 5.74) is 0.213. The van der Waals surface area contributed by atoms with Gasteiger partial charge in [-0.1, -0.05) is 52.0 Å². The number of alkyl halides is 3. The molecule has 0 aromatic heterocycles. The van der Waals surface area contributed by atoms with E-state index in [0.29, 0.717) is 44.7 Å². The first kappa shape index (κ1) is 48.7. The fourth-order valence-electron chi connectivity index (χ4n) is 6.68. The lowest BCUT2D eigenvalue weighted by atomic mass is 9.91. The number of amides is 1. The number of ether oxygens (including phenoxy) is 2. The number of benzene rings is 2. The zero-order chi connectivity index (χ0) is 41.3. The number of nitrogens with zero attached hydrogens (tertiary/aromatic N) is 3. The van der Waals surface area contributed by atoms with Crippen molar-refractivity contribution in [2.24, 2.45) is 11.8 Å². The summed E-state index contributed by atoms with van der Waals surface area (Å²) in [5.74, 6) is 0.530. The lowest BCUT2D eigenvalue weighted by molar-refractivity contribution is -0.160. The van der Waals surface area contributed by atoms with Crippen molar-refractivity contribution in [2.45, 2.75) is 125 Å². The molecule has 54 heavy (non-hydrogen) atoms. The number of aliphatic hydroxyl groups excluding tert-OH is 1. The van der Waals surface area contributed by atoms with Crippen LogP contribution in [0.4, 0.5) is 18.9 Å². The van der Waals surface area contributed by atoms with E-state index >= 15 is 0 Å². The van der Waals surface area contributed by atoms with Crippen molar-refractivity contribution in [1.29, 1.82) is 0 Å². The minimum Gasteiger partial charge on any atom is -0.497 e. The van der Waals surface area contributed by atoms with Gasteiger partial charge in [0.2, 0.25) is 5.91 Å². The van der Waals surface area contributed by atoms with Crippen molar-refractivity contribution in [3.8, 4) is 5.75 Å². The molecule has 0 spiro atoms. The molecule has 3 saturated heterocycles. The van der Waals surface area contributed by atoms with Gasteiger partial charge in [-0.3, -0.25) is 14.5 Å². The Morgan fingerprint density at radius 1 is 0.796 bits per heavy atom. The standard InChI is InChI=1S/C30H44F3N3O3.C7H8O.C2H6O.2C2H6/c1-28(2,3)36-16-12-22(19-36)26(37)35-15-11-21(18-35)24-8-7-23(30(31,32)33)17-25(24)34-13-9-20(10-14-34)27(38)39-29(4,5)6;1-8-7-5-3-2-4-6-7;1-2-3;2*1-2/h7-8,17,20-22H,9-16,18-19H2,1-6H3;2-6H,1H3;3H,2H2,1H3;2*1-2H3. The smallest absolute Gasteiger partial charge is 0.416 e. The van der Waals surface area contributed by atoms with E-state index in [9.17, 15) is 22.8 Å². The topological polar surface area (TPSA) is 82.6 Å². The number of anilines is 1. The van der Waals surface area contributed by atoms with Crippen LogP contribution in [-0.2, 0) is 20.5 Å². The molecule has 2 aromatic carbocycles. The molecule has 1 amide bonds. The molecule has 0 aliphatic carbocycles. The van der Waals surface area contributed by atoms with Crippen molar-refractivity contribution in [2.75, 3.05) is 57.9 Å². The number of para-hydroxylation sites is 1. The Kier molecular flexibility index (Phi) is 20.7. The summed E-state index contributed by atoms with van der Waals surface area (Å²) in [4.78, 5) is 32.2. The summed E-state index contributed by atoms with van der Waals surface area (Å²) in [5, 5.41) is 7.57. The molecule has 0 radical (unpaired) electrons. The molecule has 3 heterocycles.